The van der Waals surface area contributed by atoms with Crippen molar-refractivity contribution >= 4 is 25.6 Å². The van der Waals surface area contributed by atoms with Crippen LogP contribution >= 0.6 is 11.3 Å². The Labute approximate surface area is 77.3 Å². The standard InChI is InChI=1S/C8H12O2SSi/c1-12(2,3)10-8(9)7-4-5-11-6-7/h4-6H,1-3H3. The van der Waals surface area contributed by atoms with Crippen LogP contribution in [0.5, 0.6) is 0 Å². The second kappa shape index (κ2) is 3.41. The third-order valence-corrected chi connectivity index (χ3v) is 2.64. The van der Waals surface area contributed by atoms with Gasteiger partial charge in [0.15, 0.2) is 0 Å². The highest BCUT2D eigenvalue weighted by Gasteiger charge is 2.20. The fourth-order valence-electron chi connectivity index (χ4n) is 0.718. The van der Waals surface area contributed by atoms with E-state index in [9.17, 15) is 4.79 Å². The summed E-state index contributed by atoms with van der Waals surface area (Å²) in [5, 5.41) is 3.68. The molecule has 0 aromatic carbocycles. The van der Waals surface area contributed by atoms with Crippen molar-refractivity contribution in [2.75, 3.05) is 0 Å². The fourth-order valence-corrected chi connectivity index (χ4v) is 2.02. The van der Waals surface area contributed by atoms with Crippen molar-refractivity contribution in [2.45, 2.75) is 19.6 Å². The maximum atomic E-state index is 11.3. The molecule has 12 heavy (non-hydrogen) atoms. The van der Waals surface area contributed by atoms with Crippen molar-refractivity contribution in [3.8, 4) is 0 Å². The maximum Gasteiger partial charge on any atom is 0.325 e. The van der Waals surface area contributed by atoms with Gasteiger partial charge in [0, 0.05) is 5.38 Å². The van der Waals surface area contributed by atoms with E-state index in [0.29, 0.717) is 5.56 Å². The van der Waals surface area contributed by atoms with Crippen LogP contribution in [0.3, 0.4) is 0 Å². The lowest BCUT2D eigenvalue weighted by Gasteiger charge is -2.16. The molecule has 0 saturated heterocycles. The zero-order valence-electron chi connectivity index (χ0n) is 7.46. The van der Waals surface area contributed by atoms with E-state index in [4.69, 9.17) is 4.43 Å². The van der Waals surface area contributed by atoms with Crippen LogP contribution in [0.2, 0.25) is 19.6 Å². The summed E-state index contributed by atoms with van der Waals surface area (Å²) < 4.78 is 5.29. The summed E-state index contributed by atoms with van der Waals surface area (Å²) >= 11 is 1.51. The van der Waals surface area contributed by atoms with Gasteiger partial charge in [-0.15, -0.1) is 0 Å². The molecule has 0 radical (unpaired) electrons. The highest BCUT2D eigenvalue weighted by Crippen LogP contribution is 2.11. The molecule has 0 aliphatic rings. The van der Waals surface area contributed by atoms with Gasteiger partial charge in [-0.3, -0.25) is 0 Å². The van der Waals surface area contributed by atoms with E-state index in [1.165, 1.54) is 11.3 Å². The monoisotopic (exact) mass is 200 g/mol. The van der Waals surface area contributed by atoms with Crippen LogP contribution in [0.15, 0.2) is 16.8 Å². The zero-order chi connectivity index (χ0) is 9.19. The Morgan fingerprint density at radius 1 is 1.50 bits per heavy atom. The molecule has 0 aliphatic carbocycles. The van der Waals surface area contributed by atoms with Crippen LogP contribution in [0.25, 0.3) is 0 Å². The lowest BCUT2D eigenvalue weighted by Crippen LogP contribution is -2.28. The van der Waals surface area contributed by atoms with E-state index in [2.05, 4.69) is 0 Å². The topological polar surface area (TPSA) is 26.3 Å². The molecule has 0 bridgehead atoms. The first-order valence-corrected chi connectivity index (χ1v) is 8.10. The van der Waals surface area contributed by atoms with Crippen LogP contribution < -0.4 is 0 Å². The van der Waals surface area contributed by atoms with Gasteiger partial charge in [0.1, 0.15) is 0 Å². The van der Waals surface area contributed by atoms with Gasteiger partial charge in [-0.25, -0.2) is 4.79 Å². The van der Waals surface area contributed by atoms with Gasteiger partial charge in [0.05, 0.1) is 5.56 Å². The molecular weight excluding hydrogens is 188 g/mol. The Hall–Kier alpha value is -0.613. The SMILES string of the molecule is C[Si](C)(C)OC(=O)c1ccsc1. The Bertz CT molecular complexity index is 261. The molecule has 4 heteroatoms. The summed E-state index contributed by atoms with van der Waals surface area (Å²) in [5.41, 5.74) is 0.669. The van der Waals surface area contributed by atoms with E-state index >= 15 is 0 Å². The summed E-state index contributed by atoms with van der Waals surface area (Å²) in [5.74, 6) is -0.185. The summed E-state index contributed by atoms with van der Waals surface area (Å²) in [6.45, 7) is 5.99. The summed E-state index contributed by atoms with van der Waals surface area (Å²) in [6, 6.07) is 1.78. The first kappa shape index (κ1) is 9.47. The van der Waals surface area contributed by atoms with E-state index in [1.54, 1.807) is 6.07 Å². The predicted molar refractivity (Wildman–Crippen MR) is 53.1 cm³/mol. The average Bonchev–Trinajstić information content (AvgIpc) is 2.32. The normalized spacial score (nSPS) is 11.2. The molecule has 1 aromatic rings. The van der Waals surface area contributed by atoms with E-state index in [0.717, 1.165) is 0 Å². The van der Waals surface area contributed by atoms with Crippen molar-refractivity contribution in [3.05, 3.63) is 22.4 Å². The highest BCUT2D eigenvalue weighted by atomic mass is 32.1. The molecule has 2 nitrogen and oxygen atoms in total. The molecule has 1 rings (SSSR count). The molecule has 0 atom stereocenters. The maximum absolute atomic E-state index is 11.3. The Kier molecular flexibility index (Phi) is 2.69. The molecule has 1 heterocycles. The van der Waals surface area contributed by atoms with Crippen molar-refractivity contribution in [2.24, 2.45) is 0 Å². The number of hydrogen-bond donors (Lipinski definition) is 0. The minimum absolute atomic E-state index is 0.185. The van der Waals surface area contributed by atoms with Crippen molar-refractivity contribution in [1.29, 1.82) is 0 Å². The second-order valence-corrected chi connectivity index (χ2v) is 8.72. The summed E-state index contributed by atoms with van der Waals surface area (Å²) in [6.07, 6.45) is 0. The molecule has 0 saturated carbocycles. The fraction of sp³-hybridized carbons (Fsp3) is 0.375. The molecule has 66 valence electrons. The Morgan fingerprint density at radius 2 is 2.17 bits per heavy atom. The summed E-state index contributed by atoms with van der Waals surface area (Å²) in [7, 11) is -1.72. The van der Waals surface area contributed by atoms with Crippen LogP contribution in [0.4, 0.5) is 0 Å². The smallest absolute Gasteiger partial charge is 0.325 e. The molecule has 0 aliphatic heterocycles. The van der Waals surface area contributed by atoms with Crippen LogP contribution in [0, 0.1) is 0 Å². The molecule has 0 N–H and O–H groups in total. The number of thiophene rings is 1. The van der Waals surface area contributed by atoms with Gasteiger partial charge in [-0.05, 0) is 31.1 Å². The average molecular weight is 200 g/mol. The van der Waals surface area contributed by atoms with E-state index in [1.807, 2.05) is 30.4 Å². The van der Waals surface area contributed by atoms with E-state index < -0.39 is 8.32 Å². The molecule has 1 aromatic heterocycles. The first-order valence-electron chi connectivity index (χ1n) is 3.74. The minimum Gasteiger partial charge on any atom is -0.516 e. The number of carbonyl (C=O) groups is 1. The predicted octanol–water partition coefficient (Wildman–Crippen LogP) is 2.74. The van der Waals surface area contributed by atoms with Gasteiger partial charge in [-0.1, -0.05) is 0 Å². The number of carbonyl (C=O) groups excluding carboxylic acids is 1. The van der Waals surface area contributed by atoms with Crippen LogP contribution in [-0.2, 0) is 4.43 Å². The molecule has 0 spiro atoms. The highest BCUT2D eigenvalue weighted by molar-refractivity contribution is 7.08. The van der Waals surface area contributed by atoms with Gasteiger partial charge >= 0.3 is 5.97 Å². The quantitative estimate of drug-likeness (QED) is 0.686. The van der Waals surface area contributed by atoms with Gasteiger partial charge in [-0.2, -0.15) is 11.3 Å². The molecule has 0 unspecified atom stereocenters. The van der Waals surface area contributed by atoms with Crippen molar-refractivity contribution < 1.29 is 9.22 Å². The third-order valence-electron chi connectivity index (χ3n) is 1.16. The lowest BCUT2D eigenvalue weighted by atomic mass is 10.4. The molecule has 0 fully saturated rings. The number of hydrogen-bond acceptors (Lipinski definition) is 3. The van der Waals surface area contributed by atoms with E-state index in [-0.39, 0.29) is 5.97 Å². The first-order chi connectivity index (χ1) is 5.49. The Morgan fingerprint density at radius 3 is 2.58 bits per heavy atom. The Balaban J connectivity index is 2.63. The lowest BCUT2D eigenvalue weighted by molar-refractivity contribution is 0.0725. The minimum atomic E-state index is -1.72. The van der Waals surface area contributed by atoms with Gasteiger partial charge < -0.3 is 4.43 Å². The van der Waals surface area contributed by atoms with Crippen molar-refractivity contribution in [3.63, 3.8) is 0 Å². The number of rotatable bonds is 2. The van der Waals surface area contributed by atoms with Crippen LogP contribution in [-0.4, -0.2) is 14.3 Å². The molecule has 0 amide bonds. The largest absolute Gasteiger partial charge is 0.516 e. The van der Waals surface area contributed by atoms with Gasteiger partial charge in [0.2, 0.25) is 8.32 Å². The van der Waals surface area contributed by atoms with Gasteiger partial charge in [0.25, 0.3) is 0 Å². The second-order valence-electron chi connectivity index (χ2n) is 3.51. The molecular formula is C8H12O2SSi. The van der Waals surface area contributed by atoms with Crippen molar-refractivity contribution in [1.82, 2.24) is 0 Å². The summed E-state index contributed by atoms with van der Waals surface area (Å²) in [4.78, 5) is 11.3. The third kappa shape index (κ3) is 2.79. The zero-order valence-corrected chi connectivity index (χ0v) is 9.27. The van der Waals surface area contributed by atoms with Crippen LogP contribution in [0.1, 0.15) is 10.4 Å².